The van der Waals surface area contributed by atoms with Crippen LogP contribution >= 0.6 is 23.1 Å². The lowest BCUT2D eigenvalue weighted by molar-refractivity contribution is 0.563. The Bertz CT molecular complexity index is 315. The van der Waals surface area contributed by atoms with Gasteiger partial charge in [0.15, 0.2) is 0 Å². The molecular formula is C12H22N2S2. The van der Waals surface area contributed by atoms with Gasteiger partial charge in [-0.1, -0.05) is 20.8 Å². The van der Waals surface area contributed by atoms with E-state index in [1.807, 2.05) is 11.8 Å². The molecule has 1 aromatic heterocycles. The number of aromatic nitrogens is 1. The van der Waals surface area contributed by atoms with Crippen LogP contribution < -0.4 is 5.73 Å². The van der Waals surface area contributed by atoms with Crippen LogP contribution in [-0.4, -0.2) is 17.0 Å². The first-order valence-corrected chi connectivity index (χ1v) is 7.93. The summed E-state index contributed by atoms with van der Waals surface area (Å²) in [6.07, 6.45) is 4.34. The molecule has 0 radical (unpaired) electrons. The third kappa shape index (κ3) is 4.07. The van der Waals surface area contributed by atoms with Crippen molar-refractivity contribution in [3.63, 3.8) is 0 Å². The highest BCUT2D eigenvalue weighted by atomic mass is 32.2. The molecule has 0 bridgehead atoms. The predicted molar refractivity (Wildman–Crippen MR) is 75.4 cm³/mol. The molecule has 0 aliphatic heterocycles. The summed E-state index contributed by atoms with van der Waals surface area (Å²) >= 11 is 3.58. The number of thiazole rings is 1. The first-order chi connectivity index (χ1) is 7.45. The molecule has 1 aromatic rings. The van der Waals surface area contributed by atoms with Crippen LogP contribution in [0.25, 0.3) is 0 Å². The summed E-state index contributed by atoms with van der Waals surface area (Å²) < 4.78 is 0. The molecule has 0 aliphatic rings. The lowest BCUT2D eigenvalue weighted by Crippen LogP contribution is -2.14. The summed E-state index contributed by atoms with van der Waals surface area (Å²) in [6.45, 7) is 6.56. The third-order valence-electron chi connectivity index (χ3n) is 2.47. The summed E-state index contributed by atoms with van der Waals surface area (Å²) in [4.78, 5) is 4.65. The molecule has 2 nitrogen and oxygen atoms in total. The largest absolute Gasteiger partial charge is 0.322 e. The number of hydrogen-bond donors (Lipinski definition) is 1. The summed E-state index contributed by atoms with van der Waals surface area (Å²) in [6, 6.07) is 0.119. The Kier molecular flexibility index (Phi) is 5.28. The molecule has 2 N–H and O–H groups in total. The number of hydrogen-bond acceptors (Lipinski definition) is 4. The van der Waals surface area contributed by atoms with Crippen LogP contribution in [0.5, 0.6) is 0 Å². The first kappa shape index (κ1) is 14.0. The van der Waals surface area contributed by atoms with E-state index in [1.54, 1.807) is 11.3 Å². The van der Waals surface area contributed by atoms with E-state index in [0.29, 0.717) is 0 Å². The van der Waals surface area contributed by atoms with Gasteiger partial charge in [0.1, 0.15) is 5.01 Å². The van der Waals surface area contributed by atoms with Gasteiger partial charge in [0, 0.05) is 10.8 Å². The number of rotatable bonds is 5. The van der Waals surface area contributed by atoms with Crippen molar-refractivity contribution in [2.24, 2.45) is 5.73 Å². The van der Waals surface area contributed by atoms with Crippen molar-refractivity contribution in [3.05, 3.63) is 16.1 Å². The molecule has 0 aliphatic carbocycles. The number of nitrogens with zero attached hydrogens (tertiary/aromatic N) is 1. The molecule has 1 atom stereocenters. The molecule has 0 saturated heterocycles. The van der Waals surface area contributed by atoms with E-state index in [-0.39, 0.29) is 11.5 Å². The van der Waals surface area contributed by atoms with Crippen LogP contribution in [-0.2, 0) is 5.41 Å². The number of thioether (sulfide) groups is 1. The van der Waals surface area contributed by atoms with Crippen molar-refractivity contribution in [3.8, 4) is 0 Å². The van der Waals surface area contributed by atoms with Gasteiger partial charge in [0.05, 0.1) is 11.7 Å². The zero-order chi connectivity index (χ0) is 12.2. The Morgan fingerprint density at radius 1 is 1.50 bits per heavy atom. The van der Waals surface area contributed by atoms with Crippen LogP contribution in [0.2, 0.25) is 0 Å². The van der Waals surface area contributed by atoms with E-state index in [9.17, 15) is 0 Å². The second kappa shape index (κ2) is 6.03. The highest BCUT2D eigenvalue weighted by molar-refractivity contribution is 7.98. The summed E-state index contributed by atoms with van der Waals surface area (Å²) in [7, 11) is 0. The van der Waals surface area contributed by atoms with Gasteiger partial charge in [-0.05, 0) is 24.9 Å². The van der Waals surface area contributed by atoms with E-state index in [0.717, 1.165) is 17.1 Å². The molecule has 92 valence electrons. The van der Waals surface area contributed by atoms with Crippen molar-refractivity contribution < 1.29 is 0 Å². The fourth-order valence-corrected chi connectivity index (χ4v) is 2.91. The zero-order valence-electron chi connectivity index (χ0n) is 10.6. The smallest absolute Gasteiger partial charge is 0.110 e. The monoisotopic (exact) mass is 258 g/mol. The lowest BCUT2D eigenvalue weighted by atomic mass is 9.93. The topological polar surface area (TPSA) is 38.9 Å². The molecule has 0 fully saturated rings. The van der Waals surface area contributed by atoms with Gasteiger partial charge in [-0.2, -0.15) is 11.8 Å². The second-order valence-electron chi connectivity index (χ2n) is 5.06. The van der Waals surface area contributed by atoms with Crippen LogP contribution in [0.3, 0.4) is 0 Å². The Balaban J connectivity index is 2.56. The molecular weight excluding hydrogens is 236 g/mol. The molecule has 0 spiro atoms. The first-order valence-electron chi connectivity index (χ1n) is 5.65. The average molecular weight is 258 g/mol. The highest BCUT2D eigenvalue weighted by Gasteiger charge is 2.19. The van der Waals surface area contributed by atoms with E-state index in [4.69, 9.17) is 5.73 Å². The molecule has 16 heavy (non-hydrogen) atoms. The van der Waals surface area contributed by atoms with E-state index >= 15 is 0 Å². The molecule has 1 heterocycles. The van der Waals surface area contributed by atoms with Gasteiger partial charge in [0.25, 0.3) is 0 Å². The zero-order valence-corrected chi connectivity index (χ0v) is 12.3. The number of nitrogens with two attached hydrogens (primary N) is 1. The van der Waals surface area contributed by atoms with E-state index in [1.165, 1.54) is 12.2 Å². The Morgan fingerprint density at radius 2 is 2.19 bits per heavy atom. The Labute approximate surface area is 107 Å². The van der Waals surface area contributed by atoms with Gasteiger partial charge >= 0.3 is 0 Å². The normalized spacial score (nSPS) is 14.1. The van der Waals surface area contributed by atoms with Crippen molar-refractivity contribution in [1.29, 1.82) is 0 Å². The van der Waals surface area contributed by atoms with Gasteiger partial charge in [-0.3, -0.25) is 0 Å². The second-order valence-corrected chi connectivity index (χ2v) is 6.94. The minimum atomic E-state index is 0.119. The van der Waals surface area contributed by atoms with Crippen LogP contribution in [0.4, 0.5) is 0 Å². The molecule has 0 amide bonds. The summed E-state index contributed by atoms with van der Waals surface area (Å²) in [5, 5.41) is 3.23. The van der Waals surface area contributed by atoms with E-state index < -0.39 is 0 Å². The molecule has 1 rings (SSSR count). The van der Waals surface area contributed by atoms with E-state index in [2.05, 4.69) is 37.4 Å². The summed E-state index contributed by atoms with van der Waals surface area (Å²) in [5.41, 5.74) is 7.42. The molecule has 0 saturated carbocycles. The summed E-state index contributed by atoms with van der Waals surface area (Å²) in [5.74, 6) is 1.19. The van der Waals surface area contributed by atoms with Gasteiger partial charge < -0.3 is 5.73 Å². The minimum Gasteiger partial charge on any atom is -0.322 e. The fourth-order valence-electron chi connectivity index (χ4n) is 1.37. The minimum absolute atomic E-state index is 0.119. The Morgan fingerprint density at radius 3 is 2.69 bits per heavy atom. The van der Waals surface area contributed by atoms with Crippen molar-refractivity contribution in [2.45, 2.75) is 45.1 Å². The quantitative estimate of drug-likeness (QED) is 0.820. The predicted octanol–water partition coefficient (Wildman–Crippen LogP) is 3.58. The maximum Gasteiger partial charge on any atom is 0.110 e. The van der Waals surface area contributed by atoms with Gasteiger partial charge in [0.2, 0.25) is 0 Å². The van der Waals surface area contributed by atoms with Gasteiger partial charge in [-0.25, -0.2) is 4.98 Å². The average Bonchev–Trinajstić information content (AvgIpc) is 2.66. The maximum atomic E-state index is 6.13. The Hall–Kier alpha value is -0.0600. The molecule has 0 aromatic carbocycles. The third-order valence-corrected chi connectivity index (χ3v) is 4.14. The van der Waals surface area contributed by atoms with Crippen LogP contribution in [0, 0.1) is 0 Å². The van der Waals surface area contributed by atoms with Crippen molar-refractivity contribution in [2.75, 3.05) is 12.0 Å². The fraction of sp³-hybridized carbons (Fsp3) is 0.750. The maximum absolute atomic E-state index is 6.13. The van der Waals surface area contributed by atoms with Crippen molar-refractivity contribution >= 4 is 23.1 Å². The standard InChI is InChI=1S/C12H22N2S2/c1-12(2,3)10-8-16-11(14-10)9(13)6-5-7-15-4/h8-9H,5-7,13H2,1-4H3. The van der Waals surface area contributed by atoms with Crippen LogP contribution in [0.1, 0.15) is 50.4 Å². The lowest BCUT2D eigenvalue weighted by Gasteiger charge is -2.14. The highest BCUT2D eigenvalue weighted by Crippen LogP contribution is 2.27. The van der Waals surface area contributed by atoms with Gasteiger partial charge in [-0.15, -0.1) is 11.3 Å². The van der Waals surface area contributed by atoms with Crippen molar-refractivity contribution in [1.82, 2.24) is 4.98 Å². The molecule has 4 heteroatoms. The SMILES string of the molecule is CSCCCC(N)c1nc(C(C)(C)C)cs1. The molecule has 1 unspecified atom stereocenters. The van der Waals surface area contributed by atoms with Crippen LogP contribution in [0.15, 0.2) is 5.38 Å².